The van der Waals surface area contributed by atoms with Crippen molar-refractivity contribution in [2.75, 3.05) is 31.1 Å². The Bertz CT molecular complexity index is 648. The number of hydrogen-bond acceptors (Lipinski definition) is 6. The summed E-state index contributed by atoms with van der Waals surface area (Å²) < 4.78 is 5.99. The van der Waals surface area contributed by atoms with Crippen LogP contribution in [0.1, 0.15) is 11.4 Å². The molecule has 120 valence electrons. The zero-order valence-electron chi connectivity index (χ0n) is 13.3. The molecule has 23 heavy (non-hydrogen) atoms. The predicted molar refractivity (Wildman–Crippen MR) is 87.2 cm³/mol. The molecule has 2 aromatic rings. The van der Waals surface area contributed by atoms with Crippen LogP contribution in [0.2, 0.25) is 0 Å². The Hall–Kier alpha value is -2.05. The maximum Gasteiger partial charge on any atom is 0.151 e. The van der Waals surface area contributed by atoms with Crippen molar-refractivity contribution in [2.24, 2.45) is 0 Å². The van der Waals surface area contributed by atoms with Crippen LogP contribution >= 0.6 is 0 Å². The van der Waals surface area contributed by atoms with Crippen molar-refractivity contribution in [1.82, 2.24) is 20.1 Å². The first-order valence-corrected chi connectivity index (χ1v) is 8.10. The molecule has 0 bridgehead atoms. The van der Waals surface area contributed by atoms with Crippen molar-refractivity contribution in [2.45, 2.75) is 25.6 Å². The second-order valence-corrected chi connectivity index (χ2v) is 6.22. The van der Waals surface area contributed by atoms with Gasteiger partial charge in [-0.05, 0) is 31.2 Å². The molecule has 2 aromatic heterocycles. The average Bonchev–Trinajstić information content (AvgIpc) is 2.99. The number of likely N-dealkylation sites (tertiary alicyclic amines) is 1. The second-order valence-electron chi connectivity index (χ2n) is 6.22. The van der Waals surface area contributed by atoms with Gasteiger partial charge >= 0.3 is 0 Å². The molecule has 0 radical (unpaired) electrons. The highest BCUT2D eigenvalue weighted by molar-refractivity contribution is 5.40. The van der Waals surface area contributed by atoms with Gasteiger partial charge in [0.2, 0.25) is 0 Å². The van der Waals surface area contributed by atoms with Crippen molar-refractivity contribution in [3.63, 3.8) is 0 Å². The van der Waals surface area contributed by atoms with Crippen molar-refractivity contribution in [1.29, 1.82) is 0 Å². The summed E-state index contributed by atoms with van der Waals surface area (Å²) in [5.41, 5.74) is 2.05. The molecule has 2 saturated heterocycles. The normalized spacial score (nSPS) is 24.7. The van der Waals surface area contributed by atoms with E-state index in [4.69, 9.17) is 4.74 Å². The fourth-order valence-corrected chi connectivity index (χ4v) is 3.44. The first-order valence-electron chi connectivity index (χ1n) is 8.10. The Kier molecular flexibility index (Phi) is 3.93. The quantitative estimate of drug-likeness (QED) is 0.851. The molecule has 0 N–H and O–H groups in total. The third-order valence-electron chi connectivity index (χ3n) is 4.57. The molecule has 2 aliphatic heterocycles. The van der Waals surface area contributed by atoms with Crippen LogP contribution in [-0.2, 0) is 11.3 Å². The number of aromatic nitrogens is 3. The van der Waals surface area contributed by atoms with Gasteiger partial charge in [0.05, 0.1) is 30.1 Å². The van der Waals surface area contributed by atoms with Gasteiger partial charge < -0.3 is 9.64 Å². The van der Waals surface area contributed by atoms with Crippen molar-refractivity contribution in [3.8, 4) is 0 Å². The number of fused-ring (bicyclic) bond motifs is 1. The molecule has 2 aliphatic rings. The summed E-state index contributed by atoms with van der Waals surface area (Å²) in [6.07, 6.45) is 2.08. The molecule has 2 atom stereocenters. The largest absolute Gasteiger partial charge is 0.373 e. The lowest BCUT2D eigenvalue weighted by Gasteiger charge is -2.37. The van der Waals surface area contributed by atoms with Gasteiger partial charge in [0.1, 0.15) is 0 Å². The maximum absolute atomic E-state index is 5.99. The highest BCUT2D eigenvalue weighted by Gasteiger charge is 2.40. The lowest BCUT2D eigenvalue weighted by atomic mass is 10.1. The van der Waals surface area contributed by atoms with Gasteiger partial charge in [-0.25, -0.2) is 0 Å². The number of morpholine rings is 1. The monoisotopic (exact) mass is 311 g/mol. The van der Waals surface area contributed by atoms with Crippen LogP contribution in [0.5, 0.6) is 0 Å². The molecule has 6 heteroatoms. The highest BCUT2D eigenvalue weighted by atomic mass is 16.5. The van der Waals surface area contributed by atoms with E-state index in [2.05, 4.69) is 37.1 Å². The number of nitrogens with zero attached hydrogens (tertiary/aromatic N) is 5. The zero-order chi connectivity index (χ0) is 15.6. The number of ether oxygens (including phenoxy) is 1. The number of aryl methyl sites for hydroxylation is 1. The first kappa shape index (κ1) is 14.5. The first-order chi connectivity index (χ1) is 11.3. The van der Waals surface area contributed by atoms with E-state index < -0.39 is 0 Å². The molecule has 0 aromatic carbocycles. The van der Waals surface area contributed by atoms with Crippen molar-refractivity contribution in [3.05, 3.63) is 47.9 Å². The van der Waals surface area contributed by atoms with Gasteiger partial charge in [0.15, 0.2) is 5.82 Å². The molecule has 4 heterocycles. The topological polar surface area (TPSA) is 54.4 Å². The Morgan fingerprint density at radius 2 is 2.13 bits per heavy atom. The van der Waals surface area contributed by atoms with Crippen molar-refractivity contribution < 1.29 is 4.74 Å². The Labute approximate surface area is 136 Å². The average molecular weight is 311 g/mol. The van der Waals surface area contributed by atoms with Crippen LogP contribution < -0.4 is 4.90 Å². The van der Waals surface area contributed by atoms with E-state index >= 15 is 0 Å². The summed E-state index contributed by atoms with van der Waals surface area (Å²) >= 11 is 0. The maximum atomic E-state index is 5.99. The third-order valence-corrected chi connectivity index (χ3v) is 4.57. The summed E-state index contributed by atoms with van der Waals surface area (Å²) in [4.78, 5) is 9.19. The van der Waals surface area contributed by atoms with Crippen LogP contribution in [0.25, 0.3) is 0 Å². The highest BCUT2D eigenvalue weighted by Crippen LogP contribution is 2.27. The fraction of sp³-hybridized carbons (Fsp3) is 0.471. The molecule has 0 unspecified atom stereocenters. The second kappa shape index (κ2) is 6.22. The molecule has 0 spiro atoms. The van der Waals surface area contributed by atoms with Gasteiger partial charge in [0, 0.05) is 32.4 Å². The standard InChI is InChI=1S/C17H21N5O/c1-13-5-6-17(20-19-13)22-8-9-23-16-12-21(11-15(16)22)10-14-4-2-3-7-18-14/h2-7,15-16H,8-12H2,1H3/t15-,16-/m0/s1. The van der Waals surface area contributed by atoms with Gasteiger partial charge in [0.25, 0.3) is 0 Å². The van der Waals surface area contributed by atoms with E-state index in [1.165, 1.54) is 0 Å². The molecular weight excluding hydrogens is 290 g/mol. The SMILES string of the molecule is Cc1ccc(N2CCO[C@H]3CN(Cc4ccccn4)C[C@@H]32)nn1. The summed E-state index contributed by atoms with van der Waals surface area (Å²) in [6.45, 7) is 6.35. The summed E-state index contributed by atoms with van der Waals surface area (Å²) in [5, 5.41) is 8.56. The van der Waals surface area contributed by atoms with Crippen LogP contribution in [0.4, 0.5) is 5.82 Å². The molecule has 6 nitrogen and oxygen atoms in total. The van der Waals surface area contributed by atoms with Gasteiger partial charge in [-0.3, -0.25) is 9.88 Å². The summed E-state index contributed by atoms with van der Waals surface area (Å²) in [7, 11) is 0. The molecule has 4 rings (SSSR count). The van der Waals surface area contributed by atoms with E-state index in [0.29, 0.717) is 6.04 Å². The fourth-order valence-electron chi connectivity index (χ4n) is 3.44. The number of rotatable bonds is 3. The van der Waals surface area contributed by atoms with Gasteiger partial charge in [-0.1, -0.05) is 6.07 Å². The Balaban J connectivity index is 1.49. The molecule has 0 amide bonds. The van der Waals surface area contributed by atoms with E-state index in [9.17, 15) is 0 Å². The Morgan fingerprint density at radius 1 is 1.17 bits per heavy atom. The predicted octanol–water partition coefficient (Wildman–Crippen LogP) is 1.27. The Morgan fingerprint density at radius 3 is 2.91 bits per heavy atom. The minimum absolute atomic E-state index is 0.232. The van der Waals surface area contributed by atoms with E-state index in [1.807, 2.05) is 31.3 Å². The van der Waals surface area contributed by atoms with E-state index in [-0.39, 0.29) is 6.10 Å². The van der Waals surface area contributed by atoms with Crippen LogP contribution in [0, 0.1) is 6.92 Å². The van der Waals surface area contributed by atoms with Crippen LogP contribution in [-0.4, -0.2) is 58.5 Å². The minimum Gasteiger partial charge on any atom is -0.373 e. The molecular formula is C17H21N5O. The summed E-state index contributed by atoms with van der Waals surface area (Å²) in [6, 6.07) is 10.5. The van der Waals surface area contributed by atoms with Crippen molar-refractivity contribution >= 4 is 5.82 Å². The van der Waals surface area contributed by atoms with Crippen LogP contribution in [0.15, 0.2) is 36.5 Å². The molecule has 2 fully saturated rings. The number of anilines is 1. The lowest BCUT2D eigenvalue weighted by Crippen LogP contribution is -2.51. The third kappa shape index (κ3) is 3.04. The van der Waals surface area contributed by atoms with E-state index in [0.717, 1.165) is 50.0 Å². The summed E-state index contributed by atoms with van der Waals surface area (Å²) in [5.74, 6) is 0.952. The number of hydrogen-bond donors (Lipinski definition) is 0. The van der Waals surface area contributed by atoms with Crippen LogP contribution in [0.3, 0.4) is 0 Å². The molecule has 0 saturated carbocycles. The minimum atomic E-state index is 0.232. The number of pyridine rings is 1. The molecule has 0 aliphatic carbocycles. The van der Waals surface area contributed by atoms with Gasteiger partial charge in [-0.15, -0.1) is 5.10 Å². The van der Waals surface area contributed by atoms with E-state index in [1.54, 1.807) is 0 Å². The zero-order valence-corrected chi connectivity index (χ0v) is 13.3. The van der Waals surface area contributed by atoms with Gasteiger partial charge in [-0.2, -0.15) is 5.10 Å². The lowest BCUT2D eigenvalue weighted by molar-refractivity contribution is 0.0302. The smallest absolute Gasteiger partial charge is 0.151 e.